The van der Waals surface area contributed by atoms with Crippen molar-refractivity contribution < 1.29 is 0 Å². The van der Waals surface area contributed by atoms with Crippen LogP contribution in [0.2, 0.25) is 0 Å². The van der Waals surface area contributed by atoms with Gasteiger partial charge >= 0.3 is 0 Å². The molecule has 0 aliphatic carbocycles. The van der Waals surface area contributed by atoms with Gasteiger partial charge in [0.15, 0.2) is 0 Å². The molecule has 5 heteroatoms. The van der Waals surface area contributed by atoms with Gasteiger partial charge in [0.25, 0.3) is 0 Å². The molecule has 0 amide bonds. The van der Waals surface area contributed by atoms with Crippen molar-refractivity contribution in [3.05, 3.63) is 24.5 Å². The van der Waals surface area contributed by atoms with Crippen LogP contribution in [0.1, 0.15) is 12.8 Å². The van der Waals surface area contributed by atoms with Gasteiger partial charge in [-0.2, -0.15) is 0 Å². The zero-order valence-electron chi connectivity index (χ0n) is 9.71. The summed E-state index contributed by atoms with van der Waals surface area (Å²) in [5.74, 6) is 0.915. The van der Waals surface area contributed by atoms with Crippen molar-refractivity contribution in [3.8, 4) is 0 Å². The lowest BCUT2D eigenvalue weighted by atomic mass is 9.92. The third-order valence-electron chi connectivity index (χ3n) is 3.69. The molecule has 2 atom stereocenters. The van der Waals surface area contributed by atoms with Crippen molar-refractivity contribution in [2.75, 3.05) is 24.5 Å². The van der Waals surface area contributed by atoms with Crippen LogP contribution in [0.4, 0.5) is 5.69 Å². The van der Waals surface area contributed by atoms with Crippen molar-refractivity contribution in [2.24, 2.45) is 5.92 Å². The molecule has 0 unspecified atom stereocenters. The first kappa shape index (κ1) is 14.6. The number of rotatable bonds is 1. The fourth-order valence-electron chi connectivity index (χ4n) is 2.81. The van der Waals surface area contributed by atoms with Crippen LogP contribution in [0, 0.1) is 5.92 Å². The molecule has 1 N–H and O–H groups in total. The van der Waals surface area contributed by atoms with Crippen LogP contribution in [-0.2, 0) is 0 Å². The van der Waals surface area contributed by atoms with Gasteiger partial charge in [-0.3, -0.25) is 4.98 Å². The second kappa shape index (κ2) is 6.43. The first-order valence-corrected chi connectivity index (χ1v) is 5.82. The molecule has 0 bridgehead atoms. The molecule has 0 saturated carbocycles. The number of nitrogens with one attached hydrogen (secondary N) is 1. The fourth-order valence-corrected chi connectivity index (χ4v) is 2.81. The number of hydrogen-bond acceptors (Lipinski definition) is 3. The Labute approximate surface area is 115 Å². The van der Waals surface area contributed by atoms with Crippen LogP contribution in [0.3, 0.4) is 0 Å². The van der Waals surface area contributed by atoms with Crippen LogP contribution >= 0.6 is 24.8 Å². The van der Waals surface area contributed by atoms with E-state index in [0.29, 0.717) is 6.04 Å². The Hall–Kier alpha value is -0.510. The zero-order valence-corrected chi connectivity index (χ0v) is 11.3. The summed E-state index contributed by atoms with van der Waals surface area (Å²) in [7, 11) is 0. The molecule has 96 valence electrons. The lowest BCUT2D eigenvalue weighted by Gasteiger charge is -2.36. The Morgan fingerprint density at radius 3 is 2.94 bits per heavy atom. The van der Waals surface area contributed by atoms with Gasteiger partial charge in [-0.15, -0.1) is 24.8 Å². The molecule has 0 radical (unpaired) electrons. The summed E-state index contributed by atoms with van der Waals surface area (Å²) in [5, 5.41) is 3.60. The molecule has 0 aromatic carbocycles. The number of fused-ring (bicyclic) bond motifs is 1. The van der Waals surface area contributed by atoms with Crippen LogP contribution < -0.4 is 10.2 Å². The first-order valence-electron chi connectivity index (χ1n) is 5.82. The van der Waals surface area contributed by atoms with Gasteiger partial charge in [-0.05, 0) is 37.4 Å². The van der Waals surface area contributed by atoms with Crippen LogP contribution in [0.5, 0.6) is 0 Å². The van der Waals surface area contributed by atoms with E-state index >= 15 is 0 Å². The highest BCUT2D eigenvalue weighted by Crippen LogP contribution is 2.27. The Morgan fingerprint density at radius 2 is 2.18 bits per heavy atom. The number of hydrogen-bond donors (Lipinski definition) is 1. The van der Waals surface area contributed by atoms with Gasteiger partial charge in [0.2, 0.25) is 0 Å². The Morgan fingerprint density at radius 1 is 1.29 bits per heavy atom. The van der Waals surface area contributed by atoms with E-state index in [9.17, 15) is 0 Å². The maximum absolute atomic E-state index is 4.18. The highest BCUT2D eigenvalue weighted by atomic mass is 35.5. The minimum Gasteiger partial charge on any atom is -0.369 e. The van der Waals surface area contributed by atoms with E-state index in [1.807, 2.05) is 18.5 Å². The van der Waals surface area contributed by atoms with Gasteiger partial charge in [-0.1, -0.05) is 0 Å². The molecule has 1 aromatic rings. The Kier molecular flexibility index (Phi) is 5.50. The zero-order chi connectivity index (χ0) is 10.1. The minimum atomic E-state index is 0. The second-order valence-electron chi connectivity index (χ2n) is 4.56. The second-order valence-corrected chi connectivity index (χ2v) is 4.56. The highest BCUT2D eigenvalue weighted by molar-refractivity contribution is 5.85. The number of pyridine rings is 1. The quantitative estimate of drug-likeness (QED) is 0.851. The lowest BCUT2D eigenvalue weighted by molar-refractivity contribution is 0.373. The summed E-state index contributed by atoms with van der Waals surface area (Å²) in [6.07, 6.45) is 6.50. The summed E-state index contributed by atoms with van der Waals surface area (Å²) in [6, 6.07) is 4.88. The molecular weight excluding hydrogens is 257 g/mol. The smallest absolute Gasteiger partial charge is 0.0553 e. The standard InChI is InChI=1S/C12H17N3.2ClH/c1-2-11(8-13-5-1)15-7-4-10-3-6-14-12(10)9-15;;/h1-2,5,8,10,12,14H,3-4,6-7,9H2;2*1H/t10-,12+;;/m0../s1. The molecule has 1 aromatic heterocycles. The van der Waals surface area contributed by atoms with E-state index < -0.39 is 0 Å². The maximum Gasteiger partial charge on any atom is 0.0553 e. The van der Waals surface area contributed by atoms with Crippen molar-refractivity contribution in [3.63, 3.8) is 0 Å². The molecule has 17 heavy (non-hydrogen) atoms. The van der Waals surface area contributed by atoms with E-state index in [-0.39, 0.29) is 24.8 Å². The van der Waals surface area contributed by atoms with Crippen molar-refractivity contribution in [2.45, 2.75) is 18.9 Å². The van der Waals surface area contributed by atoms with E-state index in [4.69, 9.17) is 0 Å². The van der Waals surface area contributed by atoms with Crippen molar-refractivity contribution >= 4 is 30.5 Å². The summed E-state index contributed by atoms with van der Waals surface area (Å²) < 4.78 is 0. The van der Waals surface area contributed by atoms with Crippen molar-refractivity contribution in [1.82, 2.24) is 10.3 Å². The predicted molar refractivity (Wildman–Crippen MR) is 75.5 cm³/mol. The summed E-state index contributed by atoms with van der Waals surface area (Å²) in [5.41, 5.74) is 1.27. The molecule has 3 rings (SSSR count). The monoisotopic (exact) mass is 275 g/mol. The molecule has 3 nitrogen and oxygen atoms in total. The first-order chi connectivity index (χ1) is 7.43. The Balaban J connectivity index is 0.000000722. The largest absolute Gasteiger partial charge is 0.369 e. The van der Waals surface area contributed by atoms with E-state index in [1.54, 1.807) is 0 Å². The number of halogens is 2. The number of aromatic nitrogens is 1. The SMILES string of the molecule is Cl.Cl.c1cncc(N2CC[C@@H]3CCN[C@@H]3C2)c1. The van der Waals surface area contributed by atoms with Gasteiger partial charge < -0.3 is 10.2 Å². The van der Waals surface area contributed by atoms with Gasteiger partial charge in [0.1, 0.15) is 0 Å². The summed E-state index contributed by atoms with van der Waals surface area (Å²) >= 11 is 0. The third-order valence-corrected chi connectivity index (χ3v) is 3.69. The lowest BCUT2D eigenvalue weighted by Crippen LogP contribution is -2.46. The highest BCUT2D eigenvalue weighted by Gasteiger charge is 2.32. The maximum atomic E-state index is 4.18. The molecule has 3 heterocycles. The molecule has 2 aliphatic rings. The van der Waals surface area contributed by atoms with Gasteiger partial charge in [0, 0.05) is 25.3 Å². The normalized spacial score (nSPS) is 26.7. The topological polar surface area (TPSA) is 28.2 Å². The predicted octanol–water partition coefficient (Wildman–Crippen LogP) is 2.11. The van der Waals surface area contributed by atoms with Crippen LogP contribution in [0.25, 0.3) is 0 Å². The van der Waals surface area contributed by atoms with E-state index in [0.717, 1.165) is 12.5 Å². The number of piperidine rings is 1. The molecule has 2 aliphatic heterocycles. The van der Waals surface area contributed by atoms with Crippen LogP contribution in [0.15, 0.2) is 24.5 Å². The molecule has 2 saturated heterocycles. The number of anilines is 1. The van der Waals surface area contributed by atoms with E-state index in [2.05, 4.69) is 21.3 Å². The molecule has 0 spiro atoms. The fraction of sp³-hybridized carbons (Fsp3) is 0.583. The third kappa shape index (κ3) is 3.03. The summed E-state index contributed by atoms with van der Waals surface area (Å²) in [6.45, 7) is 3.54. The number of nitrogens with zero attached hydrogens (tertiary/aromatic N) is 2. The summed E-state index contributed by atoms with van der Waals surface area (Å²) in [4.78, 5) is 6.63. The minimum absolute atomic E-state index is 0. The average Bonchev–Trinajstić information content (AvgIpc) is 2.77. The van der Waals surface area contributed by atoms with E-state index in [1.165, 1.54) is 31.6 Å². The molecule has 2 fully saturated rings. The molecular formula is C12H19Cl2N3. The van der Waals surface area contributed by atoms with Gasteiger partial charge in [0.05, 0.1) is 11.9 Å². The Bertz CT molecular complexity index is 334. The van der Waals surface area contributed by atoms with Crippen LogP contribution in [-0.4, -0.2) is 30.7 Å². The van der Waals surface area contributed by atoms with Crippen molar-refractivity contribution in [1.29, 1.82) is 0 Å². The average molecular weight is 276 g/mol. The van der Waals surface area contributed by atoms with Gasteiger partial charge in [-0.25, -0.2) is 0 Å².